The summed E-state index contributed by atoms with van der Waals surface area (Å²) in [5.74, 6) is 0.871. The van der Waals surface area contributed by atoms with Crippen LogP contribution in [0.4, 0.5) is 0 Å². The fraction of sp³-hybridized carbons (Fsp3) is 0.250. The Labute approximate surface area is 123 Å². The Bertz CT molecular complexity index is 695. The molecule has 2 N–H and O–H groups in total. The summed E-state index contributed by atoms with van der Waals surface area (Å²) in [4.78, 5) is 0. The second-order valence-electron chi connectivity index (χ2n) is 5.04. The topological polar surface area (TPSA) is 66.7 Å². The van der Waals surface area contributed by atoms with Gasteiger partial charge in [0, 0.05) is 24.2 Å². The average molecular weight is 282 g/mol. The summed E-state index contributed by atoms with van der Waals surface area (Å²) in [6, 6.07) is 10.2. The first-order valence-corrected chi connectivity index (χ1v) is 6.96. The van der Waals surface area contributed by atoms with E-state index in [9.17, 15) is 0 Å². The van der Waals surface area contributed by atoms with Gasteiger partial charge in [-0.25, -0.2) is 0 Å². The second-order valence-corrected chi connectivity index (χ2v) is 5.04. The average Bonchev–Trinajstić information content (AvgIpc) is 3.09. The van der Waals surface area contributed by atoms with Crippen molar-refractivity contribution in [2.75, 3.05) is 0 Å². The molecule has 0 atom stereocenters. The largest absolute Gasteiger partial charge is 0.361 e. The molecule has 0 aliphatic carbocycles. The molecule has 0 amide bonds. The SMILES string of the molecule is Cc1noc(C)c1CNCc1cn[nH]c1-c1ccccc1. The van der Waals surface area contributed by atoms with Gasteiger partial charge < -0.3 is 9.84 Å². The highest BCUT2D eigenvalue weighted by molar-refractivity contribution is 5.62. The van der Waals surface area contributed by atoms with Crippen molar-refractivity contribution in [1.82, 2.24) is 20.7 Å². The van der Waals surface area contributed by atoms with E-state index >= 15 is 0 Å². The molecule has 0 radical (unpaired) electrons. The van der Waals surface area contributed by atoms with Crippen molar-refractivity contribution >= 4 is 0 Å². The molecule has 0 unspecified atom stereocenters. The van der Waals surface area contributed by atoms with E-state index in [0.717, 1.165) is 46.9 Å². The maximum absolute atomic E-state index is 5.17. The van der Waals surface area contributed by atoms with Crippen LogP contribution in [0.1, 0.15) is 22.6 Å². The molecule has 0 fully saturated rings. The van der Waals surface area contributed by atoms with E-state index in [1.807, 2.05) is 38.2 Å². The first kappa shape index (κ1) is 13.6. The summed E-state index contributed by atoms with van der Waals surface area (Å²) in [5, 5.41) is 14.6. The van der Waals surface area contributed by atoms with E-state index in [-0.39, 0.29) is 0 Å². The Morgan fingerprint density at radius 1 is 1.14 bits per heavy atom. The Morgan fingerprint density at radius 3 is 2.67 bits per heavy atom. The maximum Gasteiger partial charge on any atom is 0.138 e. The normalized spacial score (nSPS) is 11.0. The van der Waals surface area contributed by atoms with Gasteiger partial charge in [-0.1, -0.05) is 35.5 Å². The lowest BCUT2D eigenvalue weighted by Gasteiger charge is -2.05. The van der Waals surface area contributed by atoms with Crippen molar-refractivity contribution in [3.05, 3.63) is 59.1 Å². The van der Waals surface area contributed by atoms with E-state index < -0.39 is 0 Å². The molecule has 0 saturated carbocycles. The smallest absolute Gasteiger partial charge is 0.138 e. The minimum atomic E-state index is 0.737. The minimum absolute atomic E-state index is 0.737. The number of nitrogens with one attached hydrogen (secondary N) is 2. The van der Waals surface area contributed by atoms with Gasteiger partial charge in [0.05, 0.1) is 17.6 Å². The van der Waals surface area contributed by atoms with Crippen LogP contribution in [0.15, 0.2) is 41.1 Å². The third-order valence-electron chi connectivity index (χ3n) is 3.58. The standard InChI is InChI=1S/C16H18N4O/c1-11-15(12(2)21-20-11)10-17-8-14-9-18-19-16(14)13-6-4-3-5-7-13/h3-7,9,17H,8,10H2,1-2H3,(H,18,19). The van der Waals surface area contributed by atoms with Crippen LogP contribution in [-0.4, -0.2) is 15.4 Å². The van der Waals surface area contributed by atoms with Crippen molar-refractivity contribution < 1.29 is 4.52 Å². The lowest BCUT2D eigenvalue weighted by atomic mass is 10.1. The van der Waals surface area contributed by atoms with Gasteiger partial charge in [-0.05, 0) is 19.4 Å². The molecule has 2 heterocycles. The monoisotopic (exact) mass is 282 g/mol. The molecular weight excluding hydrogens is 264 g/mol. The highest BCUT2D eigenvalue weighted by Gasteiger charge is 2.10. The Kier molecular flexibility index (Phi) is 3.83. The molecule has 3 rings (SSSR count). The molecule has 5 heteroatoms. The van der Waals surface area contributed by atoms with E-state index in [1.54, 1.807) is 0 Å². The molecule has 2 aromatic heterocycles. The molecule has 3 aromatic rings. The van der Waals surface area contributed by atoms with Crippen LogP contribution in [0.5, 0.6) is 0 Å². The third-order valence-corrected chi connectivity index (χ3v) is 3.58. The predicted molar refractivity (Wildman–Crippen MR) is 80.5 cm³/mol. The van der Waals surface area contributed by atoms with Crippen molar-refractivity contribution in [3.63, 3.8) is 0 Å². The van der Waals surface area contributed by atoms with E-state index in [0.29, 0.717) is 0 Å². The minimum Gasteiger partial charge on any atom is -0.361 e. The molecular formula is C16H18N4O. The fourth-order valence-corrected chi connectivity index (χ4v) is 2.38. The first-order chi connectivity index (χ1) is 10.3. The number of rotatable bonds is 5. The highest BCUT2D eigenvalue weighted by atomic mass is 16.5. The van der Waals surface area contributed by atoms with Crippen molar-refractivity contribution in [2.24, 2.45) is 0 Å². The van der Waals surface area contributed by atoms with Gasteiger partial charge in [0.1, 0.15) is 5.76 Å². The quantitative estimate of drug-likeness (QED) is 0.755. The summed E-state index contributed by atoms with van der Waals surface area (Å²) < 4.78 is 5.17. The molecule has 0 saturated heterocycles. The summed E-state index contributed by atoms with van der Waals surface area (Å²) in [6.45, 7) is 5.37. The van der Waals surface area contributed by atoms with Crippen LogP contribution in [0.2, 0.25) is 0 Å². The number of aromatic nitrogens is 3. The second kappa shape index (κ2) is 5.93. The van der Waals surface area contributed by atoms with Crippen molar-refractivity contribution in [3.8, 4) is 11.3 Å². The molecule has 0 bridgehead atoms. The maximum atomic E-state index is 5.17. The molecule has 21 heavy (non-hydrogen) atoms. The zero-order valence-corrected chi connectivity index (χ0v) is 12.2. The summed E-state index contributed by atoms with van der Waals surface area (Å²) >= 11 is 0. The number of nitrogens with zero attached hydrogens (tertiary/aromatic N) is 2. The molecule has 1 aromatic carbocycles. The number of hydrogen-bond donors (Lipinski definition) is 2. The first-order valence-electron chi connectivity index (χ1n) is 6.96. The Hall–Kier alpha value is -2.40. The van der Waals surface area contributed by atoms with E-state index in [4.69, 9.17) is 4.52 Å². The van der Waals surface area contributed by atoms with E-state index in [1.165, 1.54) is 0 Å². The zero-order valence-electron chi connectivity index (χ0n) is 12.2. The van der Waals surface area contributed by atoms with Crippen LogP contribution in [0.25, 0.3) is 11.3 Å². The van der Waals surface area contributed by atoms with Gasteiger partial charge in [-0.15, -0.1) is 0 Å². The van der Waals surface area contributed by atoms with Crippen molar-refractivity contribution in [2.45, 2.75) is 26.9 Å². The summed E-state index contributed by atoms with van der Waals surface area (Å²) in [7, 11) is 0. The lowest BCUT2D eigenvalue weighted by molar-refractivity contribution is 0.392. The number of aromatic amines is 1. The van der Waals surface area contributed by atoms with Crippen molar-refractivity contribution in [1.29, 1.82) is 0 Å². The Balaban J connectivity index is 1.68. The van der Waals surface area contributed by atoms with Crippen LogP contribution < -0.4 is 5.32 Å². The van der Waals surface area contributed by atoms with Gasteiger partial charge in [0.25, 0.3) is 0 Å². The predicted octanol–water partition coefficient (Wildman–Crippen LogP) is 2.97. The molecule has 5 nitrogen and oxygen atoms in total. The number of aryl methyl sites for hydroxylation is 2. The molecule has 0 spiro atoms. The van der Waals surface area contributed by atoms with Gasteiger partial charge >= 0.3 is 0 Å². The number of H-pyrrole nitrogens is 1. The van der Waals surface area contributed by atoms with Gasteiger partial charge in [-0.2, -0.15) is 5.10 Å². The summed E-state index contributed by atoms with van der Waals surface area (Å²) in [5.41, 5.74) is 5.41. The number of benzene rings is 1. The summed E-state index contributed by atoms with van der Waals surface area (Å²) in [6.07, 6.45) is 1.86. The van der Waals surface area contributed by atoms with Gasteiger partial charge in [0.15, 0.2) is 0 Å². The van der Waals surface area contributed by atoms with Crippen LogP contribution in [0, 0.1) is 13.8 Å². The third kappa shape index (κ3) is 2.87. The molecule has 0 aliphatic rings. The fourth-order valence-electron chi connectivity index (χ4n) is 2.38. The molecule has 108 valence electrons. The van der Waals surface area contributed by atoms with Crippen LogP contribution in [0.3, 0.4) is 0 Å². The van der Waals surface area contributed by atoms with Crippen LogP contribution in [-0.2, 0) is 13.1 Å². The lowest BCUT2D eigenvalue weighted by Crippen LogP contribution is -2.13. The highest BCUT2D eigenvalue weighted by Crippen LogP contribution is 2.20. The van der Waals surface area contributed by atoms with Crippen LogP contribution >= 0.6 is 0 Å². The van der Waals surface area contributed by atoms with Gasteiger partial charge in [-0.3, -0.25) is 5.10 Å². The molecule has 0 aliphatic heterocycles. The zero-order chi connectivity index (χ0) is 14.7. The van der Waals surface area contributed by atoms with E-state index in [2.05, 4.69) is 32.8 Å². The van der Waals surface area contributed by atoms with Gasteiger partial charge in [0.2, 0.25) is 0 Å². The number of hydrogen-bond acceptors (Lipinski definition) is 4. The Morgan fingerprint density at radius 2 is 1.95 bits per heavy atom.